The monoisotopic (exact) mass is 342 g/mol. The number of hydrogen-bond acceptors (Lipinski definition) is 4. The van der Waals surface area contributed by atoms with E-state index in [0.717, 1.165) is 9.69 Å². The Morgan fingerprint density at radius 3 is 2.62 bits per heavy atom. The van der Waals surface area contributed by atoms with Gasteiger partial charge in [0.2, 0.25) is 5.91 Å². The summed E-state index contributed by atoms with van der Waals surface area (Å²) >= 11 is 0. The third-order valence-electron chi connectivity index (χ3n) is 3.95. The summed E-state index contributed by atoms with van der Waals surface area (Å²) in [6, 6.07) is 12.1. The zero-order valence-corrected chi connectivity index (χ0v) is 13.6. The Balaban J connectivity index is 1.69. The Labute approximate surface area is 138 Å². The quantitative estimate of drug-likeness (QED) is 0.785. The molecule has 1 aromatic heterocycles. The summed E-state index contributed by atoms with van der Waals surface area (Å²) in [7, 11) is -2.00. The maximum Gasteiger partial charge on any atom is 0.265 e. The second-order valence-corrected chi connectivity index (χ2v) is 7.40. The molecular weight excluding hydrogens is 328 g/mol. The lowest BCUT2D eigenvalue weighted by molar-refractivity contribution is -0.114. The van der Waals surface area contributed by atoms with E-state index in [1.165, 1.54) is 0 Å². The lowest BCUT2D eigenvalue weighted by Gasteiger charge is -2.17. The predicted octanol–water partition coefficient (Wildman–Crippen LogP) is 1.72. The molecule has 0 aliphatic carbocycles. The van der Waals surface area contributed by atoms with Gasteiger partial charge in [0.1, 0.15) is 6.54 Å². The van der Waals surface area contributed by atoms with Gasteiger partial charge in [0.25, 0.3) is 10.0 Å². The zero-order valence-electron chi connectivity index (χ0n) is 12.8. The molecule has 1 amide bonds. The number of nitrogens with one attached hydrogen (secondary N) is 1. The molecule has 7 nitrogen and oxygen atoms in total. The summed E-state index contributed by atoms with van der Waals surface area (Å²) in [5.74, 6) is -0.0584. The van der Waals surface area contributed by atoms with Crippen LogP contribution in [0, 0.1) is 0 Å². The first-order valence-electron chi connectivity index (χ1n) is 7.31. The SMILES string of the molecule is Cn1ccc(NC(=O)CN2c3cccc4cccc(c34)S2(=O)=O)n1. The van der Waals surface area contributed by atoms with Crippen molar-refractivity contribution >= 4 is 38.2 Å². The Bertz CT molecular complexity index is 1070. The second-order valence-electron chi connectivity index (χ2n) is 5.57. The van der Waals surface area contributed by atoms with Crippen LogP contribution < -0.4 is 9.62 Å². The van der Waals surface area contributed by atoms with Crippen molar-refractivity contribution in [3.05, 3.63) is 48.7 Å². The predicted molar refractivity (Wildman–Crippen MR) is 90.3 cm³/mol. The third kappa shape index (κ3) is 2.15. The van der Waals surface area contributed by atoms with Crippen LogP contribution in [0.5, 0.6) is 0 Å². The van der Waals surface area contributed by atoms with Crippen LogP contribution in [0.2, 0.25) is 0 Å². The minimum atomic E-state index is -3.73. The van der Waals surface area contributed by atoms with E-state index in [1.807, 2.05) is 12.1 Å². The van der Waals surface area contributed by atoms with Gasteiger partial charge < -0.3 is 5.32 Å². The summed E-state index contributed by atoms with van der Waals surface area (Å²) in [5.41, 5.74) is 0.527. The van der Waals surface area contributed by atoms with E-state index in [2.05, 4.69) is 10.4 Å². The van der Waals surface area contributed by atoms with Gasteiger partial charge in [0, 0.05) is 24.7 Å². The molecule has 8 heteroatoms. The molecule has 2 aromatic carbocycles. The van der Waals surface area contributed by atoms with Crippen molar-refractivity contribution in [1.29, 1.82) is 0 Å². The first-order valence-corrected chi connectivity index (χ1v) is 8.75. The van der Waals surface area contributed by atoms with Gasteiger partial charge in [-0.3, -0.25) is 13.8 Å². The molecular formula is C16H14N4O3S. The summed E-state index contributed by atoms with van der Waals surface area (Å²) in [5, 5.41) is 8.16. The number of nitrogens with zero attached hydrogens (tertiary/aromatic N) is 3. The Morgan fingerprint density at radius 1 is 1.17 bits per heavy atom. The average Bonchev–Trinajstić information content (AvgIpc) is 3.04. The van der Waals surface area contributed by atoms with Crippen molar-refractivity contribution in [3.8, 4) is 0 Å². The van der Waals surface area contributed by atoms with Gasteiger partial charge >= 0.3 is 0 Å². The molecule has 3 aromatic rings. The van der Waals surface area contributed by atoms with Crippen molar-refractivity contribution < 1.29 is 13.2 Å². The standard InChI is InChI=1S/C16H14N4O3S/c1-19-9-8-14(18-19)17-15(21)10-20-12-6-2-4-11-5-3-7-13(16(11)12)24(20,22)23/h2-9H,10H2,1H3,(H,17,18,21). The van der Waals surface area contributed by atoms with Crippen LogP contribution in [0.1, 0.15) is 0 Å². The van der Waals surface area contributed by atoms with E-state index in [1.54, 1.807) is 48.3 Å². The highest BCUT2D eigenvalue weighted by atomic mass is 32.2. The molecule has 4 rings (SSSR count). The van der Waals surface area contributed by atoms with Gasteiger partial charge in [-0.1, -0.05) is 24.3 Å². The first kappa shape index (κ1) is 14.7. The highest BCUT2D eigenvalue weighted by Gasteiger charge is 2.36. The molecule has 2 heterocycles. The molecule has 122 valence electrons. The molecule has 1 aliphatic heterocycles. The van der Waals surface area contributed by atoms with Crippen molar-refractivity contribution in [3.63, 3.8) is 0 Å². The summed E-state index contributed by atoms with van der Waals surface area (Å²) < 4.78 is 28.3. The van der Waals surface area contributed by atoms with Gasteiger partial charge in [-0.15, -0.1) is 0 Å². The van der Waals surface area contributed by atoms with E-state index in [4.69, 9.17) is 0 Å². The fourth-order valence-electron chi connectivity index (χ4n) is 2.92. The smallest absolute Gasteiger partial charge is 0.265 e. The number of aromatic nitrogens is 2. The van der Waals surface area contributed by atoms with Gasteiger partial charge in [-0.2, -0.15) is 5.10 Å². The molecule has 0 atom stereocenters. The summed E-state index contributed by atoms with van der Waals surface area (Å²) in [6.45, 7) is -0.299. The van der Waals surface area contributed by atoms with E-state index in [-0.39, 0.29) is 11.4 Å². The molecule has 0 saturated carbocycles. The fraction of sp³-hybridized carbons (Fsp3) is 0.125. The average molecular weight is 342 g/mol. The molecule has 0 fully saturated rings. The third-order valence-corrected chi connectivity index (χ3v) is 5.75. The first-order chi connectivity index (χ1) is 11.5. The molecule has 1 aliphatic rings. The minimum absolute atomic E-state index is 0.237. The van der Waals surface area contributed by atoms with Crippen molar-refractivity contribution in [2.24, 2.45) is 7.05 Å². The molecule has 0 radical (unpaired) electrons. The van der Waals surface area contributed by atoms with Crippen LogP contribution in [0.15, 0.2) is 53.6 Å². The second kappa shape index (κ2) is 5.07. The topological polar surface area (TPSA) is 84.3 Å². The number of benzene rings is 2. The lowest BCUT2D eigenvalue weighted by Crippen LogP contribution is -2.35. The van der Waals surface area contributed by atoms with E-state index < -0.39 is 15.9 Å². The van der Waals surface area contributed by atoms with Crippen LogP contribution in [0.4, 0.5) is 11.5 Å². The number of rotatable bonds is 3. The van der Waals surface area contributed by atoms with E-state index in [9.17, 15) is 13.2 Å². The maximum atomic E-state index is 12.8. The number of carbonyl (C=O) groups excluding carboxylic acids is 1. The number of hydrogen-bond donors (Lipinski definition) is 1. The normalized spacial score (nSPS) is 15.0. The number of sulfonamides is 1. The maximum absolute atomic E-state index is 12.8. The Kier molecular flexibility index (Phi) is 3.10. The van der Waals surface area contributed by atoms with Crippen LogP contribution in [-0.4, -0.2) is 30.7 Å². The van der Waals surface area contributed by atoms with Crippen molar-refractivity contribution in [2.45, 2.75) is 4.90 Å². The van der Waals surface area contributed by atoms with Crippen LogP contribution in [0.25, 0.3) is 10.8 Å². The highest BCUT2D eigenvalue weighted by molar-refractivity contribution is 7.93. The Hall–Kier alpha value is -2.87. The number of anilines is 2. The van der Waals surface area contributed by atoms with E-state index in [0.29, 0.717) is 16.9 Å². The van der Waals surface area contributed by atoms with Crippen LogP contribution in [0.3, 0.4) is 0 Å². The molecule has 0 spiro atoms. The molecule has 1 N–H and O–H groups in total. The molecule has 0 bridgehead atoms. The van der Waals surface area contributed by atoms with Gasteiger partial charge in [0.05, 0.1) is 10.6 Å². The minimum Gasteiger partial charge on any atom is -0.308 e. The molecule has 0 unspecified atom stereocenters. The van der Waals surface area contributed by atoms with Crippen LogP contribution in [-0.2, 0) is 21.9 Å². The summed E-state index contributed by atoms with van der Waals surface area (Å²) in [4.78, 5) is 12.5. The summed E-state index contributed by atoms with van der Waals surface area (Å²) in [6.07, 6.45) is 1.69. The van der Waals surface area contributed by atoms with Gasteiger partial charge in [-0.25, -0.2) is 8.42 Å². The number of carbonyl (C=O) groups is 1. The van der Waals surface area contributed by atoms with Gasteiger partial charge in [0.15, 0.2) is 5.82 Å². The molecule has 0 saturated heterocycles. The highest BCUT2D eigenvalue weighted by Crippen LogP contribution is 2.41. The van der Waals surface area contributed by atoms with Crippen molar-refractivity contribution in [1.82, 2.24) is 9.78 Å². The van der Waals surface area contributed by atoms with E-state index >= 15 is 0 Å². The molecule has 24 heavy (non-hydrogen) atoms. The fourth-order valence-corrected chi connectivity index (χ4v) is 4.59. The van der Waals surface area contributed by atoms with Crippen molar-refractivity contribution in [2.75, 3.05) is 16.2 Å². The number of aryl methyl sites for hydroxylation is 1. The van der Waals surface area contributed by atoms with Crippen LogP contribution >= 0.6 is 0 Å². The Morgan fingerprint density at radius 2 is 1.92 bits per heavy atom. The lowest BCUT2D eigenvalue weighted by atomic mass is 10.1. The zero-order chi connectivity index (χ0) is 16.9. The number of amides is 1. The largest absolute Gasteiger partial charge is 0.308 e. The van der Waals surface area contributed by atoms with Gasteiger partial charge in [-0.05, 0) is 17.5 Å².